The molecule has 0 heterocycles. The monoisotopic (exact) mass is 384 g/mol. The van der Waals surface area contributed by atoms with Crippen molar-refractivity contribution in [2.75, 3.05) is 0 Å². The van der Waals surface area contributed by atoms with E-state index in [4.69, 9.17) is 4.74 Å². The maximum Gasteiger partial charge on any atom is 0.446 e. The van der Waals surface area contributed by atoms with Crippen molar-refractivity contribution >= 4 is 11.8 Å². The number of aliphatic hydroxyl groups excluding tert-OH is 2. The predicted octanol–water partition coefficient (Wildman–Crippen LogP) is 4.21. The van der Waals surface area contributed by atoms with E-state index in [0.29, 0.717) is 12.8 Å². The van der Waals surface area contributed by atoms with E-state index in [1.165, 1.54) is 6.07 Å². The quantitative estimate of drug-likeness (QED) is 0.606. The van der Waals surface area contributed by atoms with Gasteiger partial charge in [0.05, 0.1) is 6.10 Å². The summed E-state index contributed by atoms with van der Waals surface area (Å²) < 4.78 is 71.6. The summed E-state index contributed by atoms with van der Waals surface area (Å²) in [6.07, 6.45) is -1.85. The van der Waals surface area contributed by atoms with Crippen LogP contribution in [0.4, 0.5) is 22.0 Å². The van der Waals surface area contributed by atoms with Gasteiger partial charge in [0.25, 0.3) is 5.92 Å². The third-order valence-electron chi connectivity index (χ3n) is 4.53. The average molecular weight is 384 g/mol. The van der Waals surface area contributed by atoms with Gasteiger partial charge in [-0.1, -0.05) is 6.42 Å². The molecule has 0 radical (unpaired) electrons. The Morgan fingerprint density at radius 3 is 2.44 bits per heavy atom. The van der Waals surface area contributed by atoms with Crippen LogP contribution in [0.25, 0.3) is 0 Å². The van der Waals surface area contributed by atoms with Crippen molar-refractivity contribution in [3.05, 3.63) is 23.3 Å². The molecule has 3 nitrogen and oxygen atoms in total. The highest BCUT2D eigenvalue weighted by Gasteiger charge is 2.50. The Labute approximate surface area is 145 Å². The normalized spacial score (nSPS) is 28.7. The van der Waals surface area contributed by atoms with E-state index in [1.54, 1.807) is 0 Å². The third-order valence-corrected chi connectivity index (χ3v) is 5.34. The maximum atomic E-state index is 13.9. The van der Waals surface area contributed by atoms with Gasteiger partial charge in [0.2, 0.25) is 0 Å². The second-order valence-electron chi connectivity index (χ2n) is 6.35. The van der Waals surface area contributed by atoms with E-state index in [0.717, 1.165) is 18.9 Å². The van der Waals surface area contributed by atoms with Crippen LogP contribution in [0.15, 0.2) is 17.0 Å². The van der Waals surface area contributed by atoms with Crippen LogP contribution in [0.5, 0.6) is 5.75 Å². The molecule has 2 N–H and O–H groups in total. The van der Waals surface area contributed by atoms with Gasteiger partial charge in [-0.3, -0.25) is 0 Å². The molecule has 25 heavy (non-hydrogen) atoms. The molecule has 0 bridgehead atoms. The van der Waals surface area contributed by atoms with E-state index in [1.807, 2.05) is 0 Å². The first-order valence-electron chi connectivity index (χ1n) is 7.90. The van der Waals surface area contributed by atoms with Gasteiger partial charge in [-0.2, -0.15) is 13.2 Å². The van der Waals surface area contributed by atoms with Gasteiger partial charge in [-0.15, -0.1) is 0 Å². The highest BCUT2D eigenvalue weighted by atomic mass is 32.2. The van der Waals surface area contributed by atoms with Crippen molar-refractivity contribution < 1.29 is 36.9 Å². The van der Waals surface area contributed by atoms with Crippen LogP contribution in [-0.2, 0) is 6.42 Å². The lowest BCUT2D eigenvalue weighted by atomic mass is 9.94. The van der Waals surface area contributed by atoms with Gasteiger partial charge in [0.15, 0.2) is 0 Å². The summed E-state index contributed by atoms with van der Waals surface area (Å²) in [5, 5.41) is 19.8. The molecular weight excluding hydrogens is 367 g/mol. The lowest BCUT2D eigenvalue weighted by molar-refractivity contribution is -0.0978. The van der Waals surface area contributed by atoms with Crippen LogP contribution >= 0.6 is 11.8 Å². The molecule has 140 valence electrons. The van der Waals surface area contributed by atoms with Gasteiger partial charge in [0, 0.05) is 22.4 Å². The van der Waals surface area contributed by atoms with E-state index in [-0.39, 0.29) is 11.3 Å². The molecule has 2 aliphatic rings. The lowest BCUT2D eigenvalue weighted by Gasteiger charge is -2.29. The van der Waals surface area contributed by atoms with Crippen LogP contribution in [0.2, 0.25) is 0 Å². The van der Waals surface area contributed by atoms with E-state index in [2.05, 4.69) is 0 Å². The fourth-order valence-corrected chi connectivity index (χ4v) is 4.08. The zero-order valence-corrected chi connectivity index (χ0v) is 13.8. The number of thioether (sulfide) groups is 1. The number of rotatable bonds is 3. The standard InChI is InChI=1S/C16H17F5O3S/c17-15(18)7-8-10(24-11-4-2-1-3-9(11)22)5-6-12(13(8)14(15)23)25-16(19,20)21/h5-6,9,11,14,22-23H,1-4,7H2. The van der Waals surface area contributed by atoms with Gasteiger partial charge in [0.1, 0.15) is 18.0 Å². The Morgan fingerprint density at radius 1 is 1.12 bits per heavy atom. The number of aliphatic hydroxyl groups is 2. The number of ether oxygens (including phenoxy) is 1. The first-order valence-corrected chi connectivity index (χ1v) is 8.72. The minimum Gasteiger partial charge on any atom is -0.487 e. The summed E-state index contributed by atoms with van der Waals surface area (Å²) in [6, 6.07) is 2.24. The van der Waals surface area contributed by atoms with Crippen LogP contribution in [0.3, 0.4) is 0 Å². The van der Waals surface area contributed by atoms with Crippen molar-refractivity contribution in [1.29, 1.82) is 0 Å². The number of hydrogen-bond acceptors (Lipinski definition) is 4. The number of hydrogen-bond donors (Lipinski definition) is 2. The number of benzene rings is 1. The van der Waals surface area contributed by atoms with Gasteiger partial charge in [-0.25, -0.2) is 8.78 Å². The molecular formula is C16H17F5O3S. The van der Waals surface area contributed by atoms with Crippen molar-refractivity contribution in [3.63, 3.8) is 0 Å². The molecule has 0 spiro atoms. The van der Waals surface area contributed by atoms with Crippen LogP contribution in [0, 0.1) is 0 Å². The molecule has 0 aliphatic heterocycles. The van der Waals surface area contributed by atoms with Gasteiger partial charge in [-0.05, 0) is 43.2 Å². The largest absolute Gasteiger partial charge is 0.487 e. The Kier molecular flexibility index (Phi) is 4.93. The predicted molar refractivity (Wildman–Crippen MR) is 80.9 cm³/mol. The smallest absolute Gasteiger partial charge is 0.446 e. The number of fused-ring (bicyclic) bond motifs is 1. The highest BCUT2D eigenvalue weighted by Crippen LogP contribution is 2.52. The summed E-state index contributed by atoms with van der Waals surface area (Å²) in [4.78, 5) is -0.455. The van der Waals surface area contributed by atoms with Crippen molar-refractivity contribution in [2.45, 2.75) is 66.7 Å². The molecule has 0 aromatic heterocycles. The average Bonchev–Trinajstić information content (AvgIpc) is 2.74. The van der Waals surface area contributed by atoms with Crippen molar-refractivity contribution in [1.82, 2.24) is 0 Å². The first kappa shape index (κ1) is 18.7. The topological polar surface area (TPSA) is 49.7 Å². The van der Waals surface area contributed by atoms with Crippen LogP contribution in [-0.4, -0.2) is 33.9 Å². The first-order chi connectivity index (χ1) is 11.6. The number of halogens is 5. The molecule has 3 rings (SSSR count). The maximum absolute atomic E-state index is 13.9. The molecule has 1 fully saturated rings. The molecule has 1 aromatic rings. The zero-order valence-electron chi connectivity index (χ0n) is 13.0. The van der Waals surface area contributed by atoms with Gasteiger partial charge < -0.3 is 14.9 Å². The summed E-state index contributed by atoms with van der Waals surface area (Å²) in [5.41, 5.74) is -5.22. The SMILES string of the molecule is OC1CCCCC1Oc1ccc(SC(F)(F)F)c2c1CC(F)(F)C2O. The fraction of sp³-hybridized carbons (Fsp3) is 0.625. The second kappa shape index (κ2) is 6.59. The summed E-state index contributed by atoms with van der Waals surface area (Å²) >= 11 is -0.532. The molecule has 9 heteroatoms. The Hall–Kier alpha value is -1.06. The van der Waals surface area contributed by atoms with Gasteiger partial charge >= 0.3 is 5.51 Å². The Balaban J connectivity index is 1.96. The minimum absolute atomic E-state index is 0.00343. The Bertz CT molecular complexity index is 649. The Morgan fingerprint density at radius 2 is 1.80 bits per heavy atom. The molecule has 0 amide bonds. The molecule has 0 saturated heterocycles. The van der Waals surface area contributed by atoms with Crippen molar-refractivity contribution in [3.8, 4) is 5.75 Å². The molecule has 3 atom stereocenters. The van der Waals surface area contributed by atoms with E-state index >= 15 is 0 Å². The second-order valence-corrected chi connectivity index (χ2v) is 7.46. The molecule has 2 aliphatic carbocycles. The zero-order chi connectivity index (χ0) is 18.4. The molecule has 1 saturated carbocycles. The summed E-state index contributed by atoms with van der Waals surface area (Å²) in [7, 11) is 0. The van der Waals surface area contributed by atoms with E-state index < -0.39 is 58.4 Å². The van der Waals surface area contributed by atoms with Crippen LogP contribution < -0.4 is 4.74 Å². The van der Waals surface area contributed by atoms with Crippen LogP contribution in [0.1, 0.15) is 42.9 Å². The third kappa shape index (κ3) is 3.88. The van der Waals surface area contributed by atoms with Crippen molar-refractivity contribution in [2.24, 2.45) is 0 Å². The lowest BCUT2D eigenvalue weighted by Crippen LogP contribution is -2.34. The molecule has 3 unspecified atom stereocenters. The summed E-state index contributed by atoms with van der Waals surface area (Å²) in [5.74, 6) is -3.56. The summed E-state index contributed by atoms with van der Waals surface area (Å²) in [6.45, 7) is 0. The van der Waals surface area contributed by atoms with E-state index in [9.17, 15) is 32.2 Å². The molecule has 1 aromatic carbocycles. The fourth-order valence-electron chi connectivity index (χ4n) is 3.35. The highest BCUT2D eigenvalue weighted by molar-refractivity contribution is 8.00. The number of alkyl halides is 5. The minimum atomic E-state index is -4.66.